The maximum Gasteiger partial charge on any atom is 0.0349 e. The Bertz CT molecular complexity index is 630. The molecule has 0 bridgehead atoms. The molecule has 0 aliphatic heterocycles. The van der Waals surface area contributed by atoms with Gasteiger partial charge in [0.05, 0.1) is 0 Å². The van der Waals surface area contributed by atoms with E-state index >= 15 is 0 Å². The molecule has 82 valence electrons. The van der Waals surface area contributed by atoms with Crippen LogP contribution in [0.4, 0.5) is 0 Å². The van der Waals surface area contributed by atoms with Gasteiger partial charge in [0.25, 0.3) is 0 Å². The zero-order valence-electron chi connectivity index (χ0n) is 9.28. The highest BCUT2D eigenvalue weighted by molar-refractivity contribution is 14.1. The molecule has 0 spiro atoms. The maximum atomic E-state index is 2.41. The van der Waals surface area contributed by atoms with Crippen LogP contribution in [-0.2, 0) is 0 Å². The SMILES string of the molecule is IC1=CC2=CC=C3CC=CC4=C3C2C(=C1)C=C4. The van der Waals surface area contributed by atoms with Crippen LogP contribution in [0.5, 0.6) is 0 Å². The van der Waals surface area contributed by atoms with Crippen LogP contribution in [-0.4, -0.2) is 0 Å². The third-order valence-corrected chi connectivity index (χ3v) is 4.41. The Labute approximate surface area is 115 Å². The van der Waals surface area contributed by atoms with Gasteiger partial charge in [0.15, 0.2) is 0 Å². The Morgan fingerprint density at radius 3 is 2.88 bits per heavy atom. The van der Waals surface area contributed by atoms with Crippen LogP contribution in [0.25, 0.3) is 0 Å². The van der Waals surface area contributed by atoms with Crippen molar-refractivity contribution in [2.24, 2.45) is 5.92 Å². The van der Waals surface area contributed by atoms with Crippen molar-refractivity contribution in [2.75, 3.05) is 0 Å². The number of hydrogen-bond donors (Lipinski definition) is 0. The summed E-state index contributed by atoms with van der Waals surface area (Å²) in [5.41, 5.74) is 7.34. The molecule has 0 amide bonds. The lowest BCUT2D eigenvalue weighted by molar-refractivity contribution is 0.831. The fourth-order valence-electron chi connectivity index (χ4n) is 3.08. The molecule has 0 nitrogen and oxygen atoms in total. The molecule has 1 heteroatoms. The summed E-state index contributed by atoms with van der Waals surface area (Å²) in [5.74, 6) is 0.499. The van der Waals surface area contributed by atoms with Gasteiger partial charge in [-0.05, 0) is 69.0 Å². The second kappa shape index (κ2) is 3.45. The molecule has 0 aromatic rings. The molecule has 4 aliphatic carbocycles. The summed E-state index contributed by atoms with van der Waals surface area (Å²) in [5, 5.41) is 0. The Balaban J connectivity index is 2.02. The minimum Gasteiger partial charge on any atom is -0.0795 e. The fourth-order valence-corrected chi connectivity index (χ4v) is 3.80. The highest BCUT2D eigenvalue weighted by Gasteiger charge is 2.32. The number of halogens is 1. The van der Waals surface area contributed by atoms with Crippen molar-refractivity contribution in [1.82, 2.24) is 0 Å². The van der Waals surface area contributed by atoms with Gasteiger partial charge < -0.3 is 0 Å². The van der Waals surface area contributed by atoms with Crippen molar-refractivity contribution >= 4 is 22.6 Å². The van der Waals surface area contributed by atoms with Crippen LogP contribution >= 0.6 is 22.6 Å². The average molecular weight is 330 g/mol. The summed E-state index contributed by atoms with van der Waals surface area (Å²) in [6.45, 7) is 0. The summed E-state index contributed by atoms with van der Waals surface area (Å²) < 4.78 is 1.33. The summed E-state index contributed by atoms with van der Waals surface area (Å²) in [4.78, 5) is 0. The van der Waals surface area contributed by atoms with Crippen molar-refractivity contribution in [3.63, 3.8) is 0 Å². The minimum absolute atomic E-state index is 0.499. The molecule has 0 aromatic heterocycles. The van der Waals surface area contributed by atoms with E-state index in [0.29, 0.717) is 5.92 Å². The van der Waals surface area contributed by atoms with E-state index in [-0.39, 0.29) is 0 Å². The zero-order valence-corrected chi connectivity index (χ0v) is 11.4. The Kier molecular flexibility index (Phi) is 2.01. The van der Waals surface area contributed by atoms with Crippen molar-refractivity contribution in [2.45, 2.75) is 6.42 Å². The van der Waals surface area contributed by atoms with Gasteiger partial charge >= 0.3 is 0 Å². The van der Waals surface area contributed by atoms with Crippen LogP contribution < -0.4 is 0 Å². The molecule has 17 heavy (non-hydrogen) atoms. The number of hydrogen-bond acceptors (Lipinski definition) is 0. The quantitative estimate of drug-likeness (QED) is 0.572. The van der Waals surface area contributed by atoms with Gasteiger partial charge in [-0.25, -0.2) is 0 Å². The summed E-state index contributed by atoms with van der Waals surface area (Å²) in [7, 11) is 0. The molecule has 1 unspecified atom stereocenters. The molecule has 0 fully saturated rings. The first-order chi connectivity index (χ1) is 8.33. The van der Waals surface area contributed by atoms with Crippen molar-refractivity contribution in [1.29, 1.82) is 0 Å². The second-order valence-corrected chi connectivity index (χ2v) is 6.02. The lowest BCUT2D eigenvalue weighted by Gasteiger charge is -2.35. The molecule has 0 radical (unpaired) electrons. The summed E-state index contributed by atoms with van der Waals surface area (Å²) in [6.07, 6.45) is 19.4. The van der Waals surface area contributed by atoms with Crippen LogP contribution in [0.3, 0.4) is 0 Å². The zero-order chi connectivity index (χ0) is 11.4. The minimum atomic E-state index is 0.499. The topological polar surface area (TPSA) is 0 Å². The van der Waals surface area contributed by atoms with Gasteiger partial charge in [-0.3, -0.25) is 0 Å². The predicted molar refractivity (Wildman–Crippen MR) is 79.8 cm³/mol. The van der Waals surface area contributed by atoms with Gasteiger partial charge in [-0.2, -0.15) is 0 Å². The van der Waals surface area contributed by atoms with E-state index < -0.39 is 0 Å². The third-order valence-electron chi connectivity index (χ3n) is 3.79. The van der Waals surface area contributed by atoms with Crippen molar-refractivity contribution < 1.29 is 0 Å². The molecule has 0 saturated heterocycles. The lowest BCUT2D eigenvalue weighted by atomic mass is 9.69. The molecule has 0 N–H and O–H groups in total. The highest BCUT2D eigenvalue weighted by Crippen LogP contribution is 2.47. The van der Waals surface area contributed by atoms with E-state index in [1.54, 1.807) is 5.57 Å². The molecular formula is C16H11I. The van der Waals surface area contributed by atoms with E-state index in [1.807, 2.05) is 0 Å². The molecule has 0 aromatic carbocycles. The van der Waals surface area contributed by atoms with E-state index in [0.717, 1.165) is 6.42 Å². The maximum absolute atomic E-state index is 2.41. The average Bonchev–Trinajstić information content (AvgIpc) is 2.35. The van der Waals surface area contributed by atoms with Crippen LogP contribution in [0.15, 0.2) is 80.1 Å². The van der Waals surface area contributed by atoms with Gasteiger partial charge in [-0.15, -0.1) is 0 Å². The van der Waals surface area contributed by atoms with Crippen LogP contribution in [0.2, 0.25) is 0 Å². The van der Waals surface area contributed by atoms with E-state index in [4.69, 9.17) is 0 Å². The Morgan fingerprint density at radius 1 is 1.00 bits per heavy atom. The molecule has 4 aliphatic rings. The first kappa shape index (κ1) is 9.89. The molecular weight excluding hydrogens is 319 g/mol. The third kappa shape index (κ3) is 1.35. The standard InChI is InChI=1S/C16H11I/c17-14-8-12-6-4-10-2-1-3-11-5-7-13(9-14)16(12)15(10)11/h1-2,4-9,16H,3H2. The smallest absolute Gasteiger partial charge is 0.0349 e. The van der Waals surface area contributed by atoms with Crippen LogP contribution in [0, 0.1) is 5.92 Å². The van der Waals surface area contributed by atoms with Crippen molar-refractivity contribution in [3.05, 3.63) is 80.1 Å². The highest BCUT2D eigenvalue weighted by atomic mass is 127. The van der Waals surface area contributed by atoms with E-state index in [1.165, 1.54) is 25.9 Å². The summed E-state index contributed by atoms with van der Waals surface area (Å²) in [6, 6.07) is 0. The fraction of sp³-hybridized carbons (Fsp3) is 0.125. The Morgan fingerprint density at radius 2 is 1.94 bits per heavy atom. The summed E-state index contributed by atoms with van der Waals surface area (Å²) >= 11 is 2.41. The van der Waals surface area contributed by atoms with Crippen LogP contribution in [0.1, 0.15) is 6.42 Å². The lowest BCUT2D eigenvalue weighted by Crippen LogP contribution is -2.20. The normalized spacial score (nSPS) is 28.2. The molecule has 4 rings (SSSR count). The first-order valence-corrected chi connectivity index (χ1v) is 6.99. The van der Waals surface area contributed by atoms with Crippen molar-refractivity contribution in [3.8, 4) is 0 Å². The number of allylic oxidation sites excluding steroid dienone is 14. The van der Waals surface area contributed by atoms with Gasteiger partial charge in [0.2, 0.25) is 0 Å². The van der Waals surface area contributed by atoms with Gasteiger partial charge in [0.1, 0.15) is 0 Å². The Hall–Kier alpha value is -1.09. The predicted octanol–water partition coefficient (Wildman–Crippen LogP) is 4.55. The van der Waals surface area contributed by atoms with Gasteiger partial charge in [-0.1, -0.05) is 36.5 Å². The molecule has 1 atom stereocenters. The van der Waals surface area contributed by atoms with E-state index in [2.05, 4.69) is 71.2 Å². The molecule has 0 saturated carbocycles. The largest absolute Gasteiger partial charge is 0.0795 e. The van der Waals surface area contributed by atoms with E-state index in [9.17, 15) is 0 Å². The monoisotopic (exact) mass is 330 g/mol. The second-order valence-electron chi connectivity index (χ2n) is 4.77. The number of rotatable bonds is 0. The van der Waals surface area contributed by atoms with Gasteiger partial charge in [0, 0.05) is 9.50 Å². The molecule has 0 heterocycles. The first-order valence-electron chi connectivity index (χ1n) is 5.91.